The van der Waals surface area contributed by atoms with Gasteiger partial charge in [0.15, 0.2) is 0 Å². The molecule has 2 aliphatic heterocycles. The molecule has 98 valence electrons. The summed E-state index contributed by atoms with van der Waals surface area (Å²) in [7, 11) is 0. The lowest BCUT2D eigenvalue weighted by Crippen LogP contribution is -2.41. The van der Waals surface area contributed by atoms with Gasteiger partial charge in [-0.1, -0.05) is 13.8 Å². The van der Waals surface area contributed by atoms with Gasteiger partial charge in [-0.05, 0) is 32.4 Å². The highest BCUT2D eigenvalue weighted by atomic mass is 16.2. The van der Waals surface area contributed by atoms with Crippen molar-refractivity contribution in [1.29, 1.82) is 0 Å². The summed E-state index contributed by atoms with van der Waals surface area (Å²) in [6.45, 7) is 8.99. The van der Waals surface area contributed by atoms with Gasteiger partial charge in [-0.15, -0.1) is 0 Å². The maximum absolute atomic E-state index is 12.0. The summed E-state index contributed by atoms with van der Waals surface area (Å²) in [6, 6.07) is 1.01. The molecule has 1 atom stereocenters. The van der Waals surface area contributed by atoms with Gasteiger partial charge in [-0.2, -0.15) is 0 Å². The lowest BCUT2D eigenvalue weighted by atomic mass is 10.2. The predicted molar refractivity (Wildman–Crippen MR) is 68.9 cm³/mol. The Kier molecular flexibility index (Phi) is 4.40. The first-order chi connectivity index (χ1) is 8.16. The molecule has 2 fully saturated rings. The number of carbonyl (C=O) groups excluding carboxylic acids is 1. The highest BCUT2D eigenvalue weighted by molar-refractivity contribution is 5.78. The third-order valence-electron chi connectivity index (χ3n) is 3.83. The maximum Gasteiger partial charge on any atom is 0.236 e. The van der Waals surface area contributed by atoms with Gasteiger partial charge in [0.1, 0.15) is 0 Å². The molecule has 1 amide bonds. The molecule has 0 aliphatic carbocycles. The molecule has 2 aliphatic rings. The van der Waals surface area contributed by atoms with Crippen molar-refractivity contribution >= 4 is 5.91 Å². The van der Waals surface area contributed by atoms with Crippen molar-refractivity contribution in [3.8, 4) is 0 Å². The Morgan fingerprint density at radius 2 is 2.00 bits per heavy atom. The smallest absolute Gasteiger partial charge is 0.236 e. The predicted octanol–water partition coefficient (Wildman–Crippen LogP) is 0.681. The van der Waals surface area contributed by atoms with Gasteiger partial charge in [0.05, 0.1) is 6.54 Å². The lowest BCUT2D eigenvalue weighted by Gasteiger charge is -2.23. The molecule has 0 spiro atoms. The summed E-state index contributed by atoms with van der Waals surface area (Å²) < 4.78 is 0. The van der Waals surface area contributed by atoms with Gasteiger partial charge in [-0.3, -0.25) is 9.69 Å². The quantitative estimate of drug-likeness (QED) is 0.784. The number of carbonyl (C=O) groups is 1. The Morgan fingerprint density at radius 3 is 2.65 bits per heavy atom. The van der Waals surface area contributed by atoms with Crippen LogP contribution in [0.1, 0.15) is 33.1 Å². The Balaban J connectivity index is 1.74. The van der Waals surface area contributed by atoms with E-state index in [1.165, 1.54) is 25.9 Å². The average molecular weight is 239 g/mol. The standard InChI is InChI=1S/C13H25N3O/c1-11(2)14-9-13(17)16-8-5-12(10-16)15-6-3-4-7-15/h11-12,14H,3-10H2,1-2H3. The molecule has 0 saturated carbocycles. The van der Waals surface area contributed by atoms with Crippen molar-refractivity contribution in [3.63, 3.8) is 0 Å². The van der Waals surface area contributed by atoms with Crippen molar-refractivity contribution in [2.45, 2.75) is 45.2 Å². The maximum atomic E-state index is 12.0. The van der Waals surface area contributed by atoms with E-state index in [1.54, 1.807) is 0 Å². The average Bonchev–Trinajstić information content (AvgIpc) is 2.94. The summed E-state index contributed by atoms with van der Waals surface area (Å²) in [4.78, 5) is 16.5. The van der Waals surface area contributed by atoms with E-state index in [0.29, 0.717) is 18.6 Å². The number of nitrogens with one attached hydrogen (secondary N) is 1. The molecule has 0 aromatic rings. The summed E-state index contributed by atoms with van der Waals surface area (Å²) in [5.74, 6) is 0.264. The zero-order chi connectivity index (χ0) is 12.3. The van der Waals surface area contributed by atoms with Crippen molar-refractivity contribution < 1.29 is 4.79 Å². The van der Waals surface area contributed by atoms with Crippen LogP contribution in [-0.2, 0) is 4.79 Å². The van der Waals surface area contributed by atoms with Crippen LogP contribution >= 0.6 is 0 Å². The van der Waals surface area contributed by atoms with Crippen LogP contribution in [0.25, 0.3) is 0 Å². The second kappa shape index (κ2) is 5.83. The van der Waals surface area contributed by atoms with Gasteiger partial charge in [0.2, 0.25) is 5.91 Å². The van der Waals surface area contributed by atoms with E-state index in [2.05, 4.69) is 24.1 Å². The Labute approximate surface area is 104 Å². The molecule has 1 unspecified atom stereocenters. The minimum atomic E-state index is 0.264. The van der Waals surface area contributed by atoms with Gasteiger partial charge in [0, 0.05) is 25.2 Å². The van der Waals surface area contributed by atoms with Crippen molar-refractivity contribution in [2.75, 3.05) is 32.7 Å². The normalized spacial score (nSPS) is 26.1. The largest absolute Gasteiger partial charge is 0.340 e. The fraction of sp³-hybridized carbons (Fsp3) is 0.923. The second-order valence-electron chi connectivity index (χ2n) is 5.56. The first-order valence-corrected chi connectivity index (χ1v) is 6.92. The molecular formula is C13H25N3O. The van der Waals surface area contributed by atoms with Crippen LogP contribution in [0, 0.1) is 0 Å². The summed E-state index contributed by atoms with van der Waals surface area (Å²) in [6.07, 6.45) is 3.83. The van der Waals surface area contributed by atoms with Crippen molar-refractivity contribution in [3.05, 3.63) is 0 Å². The van der Waals surface area contributed by atoms with Crippen LogP contribution in [0.4, 0.5) is 0 Å². The fourth-order valence-electron chi connectivity index (χ4n) is 2.78. The number of hydrogen-bond acceptors (Lipinski definition) is 3. The molecular weight excluding hydrogens is 214 g/mol. The zero-order valence-corrected chi connectivity index (χ0v) is 11.1. The van der Waals surface area contributed by atoms with E-state index >= 15 is 0 Å². The summed E-state index contributed by atoms with van der Waals surface area (Å²) >= 11 is 0. The van der Waals surface area contributed by atoms with Crippen LogP contribution in [0.15, 0.2) is 0 Å². The molecule has 1 N–H and O–H groups in total. The van der Waals surface area contributed by atoms with Gasteiger partial charge >= 0.3 is 0 Å². The van der Waals surface area contributed by atoms with Crippen LogP contribution in [-0.4, -0.2) is 60.5 Å². The van der Waals surface area contributed by atoms with Crippen molar-refractivity contribution in [1.82, 2.24) is 15.1 Å². The lowest BCUT2D eigenvalue weighted by molar-refractivity contribution is -0.129. The molecule has 0 radical (unpaired) electrons. The minimum absolute atomic E-state index is 0.264. The Bertz CT molecular complexity index is 261. The van der Waals surface area contributed by atoms with Crippen LogP contribution in [0.5, 0.6) is 0 Å². The van der Waals surface area contributed by atoms with E-state index < -0.39 is 0 Å². The highest BCUT2D eigenvalue weighted by Gasteiger charge is 2.31. The summed E-state index contributed by atoms with van der Waals surface area (Å²) in [5, 5.41) is 3.20. The number of amides is 1. The first-order valence-electron chi connectivity index (χ1n) is 6.92. The minimum Gasteiger partial charge on any atom is -0.340 e. The highest BCUT2D eigenvalue weighted by Crippen LogP contribution is 2.20. The number of likely N-dealkylation sites (tertiary alicyclic amines) is 2. The van der Waals surface area contributed by atoms with Crippen LogP contribution < -0.4 is 5.32 Å². The molecule has 17 heavy (non-hydrogen) atoms. The molecule has 2 rings (SSSR count). The van der Waals surface area contributed by atoms with E-state index in [-0.39, 0.29) is 5.91 Å². The molecule has 0 bridgehead atoms. The van der Waals surface area contributed by atoms with Gasteiger partial charge < -0.3 is 10.2 Å². The number of hydrogen-bond donors (Lipinski definition) is 1. The monoisotopic (exact) mass is 239 g/mol. The van der Waals surface area contributed by atoms with Gasteiger partial charge in [-0.25, -0.2) is 0 Å². The third kappa shape index (κ3) is 3.42. The SMILES string of the molecule is CC(C)NCC(=O)N1CCC(N2CCCC2)C1. The fourth-order valence-corrected chi connectivity index (χ4v) is 2.78. The molecule has 4 heteroatoms. The number of nitrogens with zero attached hydrogens (tertiary/aromatic N) is 2. The Hall–Kier alpha value is -0.610. The molecule has 0 aromatic carbocycles. The Morgan fingerprint density at radius 1 is 1.29 bits per heavy atom. The van der Waals surface area contributed by atoms with E-state index in [4.69, 9.17) is 0 Å². The number of rotatable bonds is 4. The molecule has 0 aromatic heterocycles. The van der Waals surface area contributed by atoms with Crippen LogP contribution in [0.2, 0.25) is 0 Å². The topological polar surface area (TPSA) is 35.6 Å². The van der Waals surface area contributed by atoms with E-state index in [1.807, 2.05) is 4.90 Å². The summed E-state index contributed by atoms with van der Waals surface area (Å²) in [5.41, 5.74) is 0. The first kappa shape index (κ1) is 12.8. The molecule has 4 nitrogen and oxygen atoms in total. The molecule has 2 saturated heterocycles. The molecule has 2 heterocycles. The second-order valence-corrected chi connectivity index (χ2v) is 5.56. The van der Waals surface area contributed by atoms with Crippen LogP contribution in [0.3, 0.4) is 0 Å². The van der Waals surface area contributed by atoms with E-state index in [0.717, 1.165) is 19.5 Å². The zero-order valence-electron chi connectivity index (χ0n) is 11.1. The van der Waals surface area contributed by atoms with E-state index in [9.17, 15) is 4.79 Å². The third-order valence-corrected chi connectivity index (χ3v) is 3.83. The van der Waals surface area contributed by atoms with Crippen molar-refractivity contribution in [2.24, 2.45) is 0 Å². The van der Waals surface area contributed by atoms with Gasteiger partial charge in [0.25, 0.3) is 0 Å².